The molecule has 4 heteroatoms. The fourth-order valence-corrected chi connectivity index (χ4v) is 2.22. The van der Waals surface area contributed by atoms with Crippen LogP contribution < -0.4 is 0 Å². The fourth-order valence-electron chi connectivity index (χ4n) is 2.22. The predicted octanol–water partition coefficient (Wildman–Crippen LogP) is 1.20. The molecule has 0 bridgehead atoms. The Hall–Kier alpha value is -1.39. The molecule has 17 heavy (non-hydrogen) atoms. The van der Waals surface area contributed by atoms with Crippen molar-refractivity contribution in [1.29, 1.82) is 0 Å². The van der Waals surface area contributed by atoms with Crippen molar-refractivity contribution < 1.29 is 15.0 Å². The van der Waals surface area contributed by atoms with Crippen molar-refractivity contribution in [2.75, 3.05) is 19.7 Å². The van der Waals surface area contributed by atoms with Gasteiger partial charge in [-0.3, -0.25) is 4.90 Å². The highest BCUT2D eigenvalue weighted by Crippen LogP contribution is 2.18. The number of benzene rings is 1. The van der Waals surface area contributed by atoms with E-state index in [4.69, 9.17) is 10.2 Å². The maximum Gasteiger partial charge on any atom is 0.335 e. The molecular weight excluding hydrogens is 218 g/mol. The Morgan fingerprint density at radius 1 is 1.35 bits per heavy atom. The van der Waals surface area contributed by atoms with Gasteiger partial charge in [0.1, 0.15) is 0 Å². The number of aromatic carboxylic acids is 1. The Labute approximate surface area is 100 Å². The topological polar surface area (TPSA) is 60.8 Å². The van der Waals surface area contributed by atoms with Gasteiger partial charge in [-0.25, -0.2) is 4.79 Å². The molecule has 1 heterocycles. The average molecular weight is 235 g/mol. The van der Waals surface area contributed by atoms with Gasteiger partial charge in [0.05, 0.1) is 5.56 Å². The molecule has 0 radical (unpaired) electrons. The molecule has 1 aliphatic heterocycles. The van der Waals surface area contributed by atoms with Gasteiger partial charge in [0.15, 0.2) is 0 Å². The van der Waals surface area contributed by atoms with Crippen molar-refractivity contribution in [3.05, 3.63) is 35.4 Å². The number of aliphatic hydroxyl groups is 1. The molecule has 1 aromatic carbocycles. The largest absolute Gasteiger partial charge is 0.478 e. The van der Waals surface area contributed by atoms with Crippen molar-refractivity contribution in [3.8, 4) is 0 Å². The van der Waals surface area contributed by atoms with Crippen LogP contribution in [0.2, 0.25) is 0 Å². The summed E-state index contributed by atoms with van der Waals surface area (Å²) < 4.78 is 0. The molecule has 0 aliphatic carbocycles. The third-order valence-electron chi connectivity index (χ3n) is 3.24. The third kappa shape index (κ3) is 3.05. The standard InChI is InChI=1S/C13H17NO3/c15-9-11-5-6-14(8-11)7-10-1-3-12(4-2-10)13(16)17/h1-4,11,15H,5-9H2,(H,16,17)/t11-/m1/s1. The summed E-state index contributed by atoms with van der Waals surface area (Å²) in [4.78, 5) is 13.0. The SMILES string of the molecule is O=C(O)c1ccc(CN2CC[C@@H](CO)C2)cc1. The van der Waals surface area contributed by atoms with Gasteiger partial charge in [-0.2, -0.15) is 0 Å². The minimum atomic E-state index is -0.891. The van der Waals surface area contributed by atoms with Crippen LogP contribution in [0.25, 0.3) is 0 Å². The molecule has 2 N–H and O–H groups in total. The average Bonchev–Trinajstić information content (AvgIpc) is 2.77. The highest BCUT2D eigenvalue weighted by atomic mass is 16.4. The van der Waals surface area contributed by atoms with Gasteiger partial charge >= 0.3 is 5.97 Å². The minimum absolute atomic E-state index is 0.258. The molecule has 1 fully saturated rings. The van der Waals surface area contributed by atoms with E-state index >= 15 is 0 Å². The van der Waals surface area contributed by atoms with Crippen LogP contribution in [0, 0.1) is 5.92 Å². The van der Waals surface area contributed by atoms with Crippen molar-refractivity contribution in [3.63, 3.8) is 0 Å². The second-order valence-corrected chi connectivity index (χ2v) is 4.57. The second kappa shape index (κ2) is 5.29. The lowest BCUT2D eigenvalue weighted by Gasteiger charge is -2.15. The van der Waals surface area contributed by atoms with Crippen LogP contribution in [0.15, 0.2) is 24.3 Å². The maximum absolute atomic E-state index is 10.7. The number of carboxylic acids is 1. The number of hydrogen-bond donors (Lipinski definition) is 2. The maximum atomic E-state index is 10.7. The lowest BCUT2D eigenvalue weighted by atomic mass is 10.1. The monoisotopic (exact) mass is 235 g/mol. The van der Waals surface area contributed by atoms with E-state index in [9.17, 15) is 4.79 Å². The van der Waals surface area contributed by atoms with Crippen LogP contribution in [-0.2, 0) is 6.54 Å². The minimum Gasteiger partial charge on any atom is -0.478 e. The van der Waals surface area contributed by atoms with Crippen LogP contribution in [0.3, 0.4) is 0 Å². The van der Waals surface area contributed by atoms with Gasteiger partial charge in [0.25, 0.3) is 0 Å². The summed E-state index contributed by atoms with van der Waals surface area (Å²) in [6, 6.07) is 6.99. The normalized spacial score (nSPS) is 20.6. The summed E-state index contributed by atoms with van der Waals surface area (Å²) in [6.45, 7) is 3.02. The van der Waals surface area contributed by atoms with E-state index < -0.39 is 5.97 Å². The van der Waals surface area contributed by atoms with E-state index in [0.717, 1.165) is 31.6 Å². The zero-order valence-electron chi connectivity index (χ0n) is 9.67. The van der Waals surface area contributed by atoms with Crippen LogP contribution in [0.4, 0.5) is 0 Å². The first-order valence-corrected chi connectivity index (χ1v) is 5.84. The Bertz CT molecular complexity index is 388. The predicted molar refractivity (Wildman–Crippen MR) is 63.9 cm³/mol. The lowest BCUT2D eigenvalue weighted by molar-refractivity contribution is 0.0697. The van der Waals surface area contributed by atoms with Crippen molar-refractivity contribution in [2.24, 2.45) is 5.92 Å². The van der Waals surface area contributed by atoms with E-state index in [1.54, 1.807) is 12.1 Å². The molecule has 1 aliphatic rings. The van der Waals surface area contributed by atoms with E-state index in [1.807, 2.05) is 12.1 Å². The summed E-state index contributed by atoms with van der Waals surface area (Å²) in [5, 5.41) is 17.8. The number of aliphatic hydroxyl groups excluding tert-OH is 1. The molecule has 1 saturated heterocycles. The van der Waals surface area contributed by atoms with Gasteiger partial charge < -0.3 is 10.2 Å². The smallest absolute Gasteiger partial charge is 0.335 e. The van der Waals surface area contributed by atoms with E-state index in [0.29, 0.717) is 11.5 Å². The first-order valence-electron chi connectivity index (χ1n) is 5.84. The van der Waals surface area contributed by atoms with Crippen molar-refractivity contribution in [2.45, 2.75) is 13.0 Å². The Morgan fingerprint density at radius 2 is 2.06 bits per heavy atom. The molecule has 0 amide bonds. The van der Waals surface area contributed by atoms with Gasteiger partial charge in [-0.15, -0.1) is 0 Å². The number of hydrogen-bond acceptors (Lipinski definition) is 3. The zero-order valence-corrected chi connectivity index (χ0v) is 9.67. The second-order valence-electron chi connectivity index (χ2n) is 4.57. The lowest BCUT2D eigenvalue weighted by Crippen LogP contribution is -2.20. The first kappa shape index (κ1) is 12.1. The highest BCUT2D eigenvalue weighted by Gasteiger charge is 2.21. The molecule has 0 saturated carbocycles. The third-order valence-corrected chi connectivity index (χ3v) is 3.24. The number of rotatable bonds is 4. The summed E-state index contributed by atoms with van der Waals surface area (Å²) in [7, 11) is 0. The molecular formula is C13H17NO3. The van der Waals surface area contributed by atoms with Crippen LogP contribution in [0.1, 0.15) is 22.3 Å². The van der Waals surface area contributed by atoms with Gasteiger partial charge in [0, 0.05) is 19.7 Å². The van der Waals surface area contributed by atoms with E-state index in [1.165, 1.54) is 0 Å². The molecule has 1 atom stereocenters. The molecule has 92 valence electrons. The van der Waals surface area contributed by atoms with Gasteiger partial charge in [-0.1, -0.05) is 12.1 Å². The molecule has 1 aromatic rings. The van der Waals surface area contributed by atoms with Crippen LogP contribution in [0.5, 0.6) is 0 Å². The van der Waals surface area contributed by atoms with Crippen molar-refractivity contribution >= 4 is 5.97 Å². The van der Waals surface area contributed by atoms with Gasteiger partial charge in [-0.05, 0) is 36.6 Å². The summed E-state index contributed by atoms with van der Waals surface area (Å²) in [6.07, 6.45) is 1.05. The van der Waals surface area contributed by atoms with Gasteiger partial charge in [0.2, 0.25) is 0 Å². The Morgan fingerprint density at radius 3 is 2.59 bits per heavy atom. The molecule has 0 unspecified atom stereocenters. The molecule has 0 aromatic heterocycles. The van der Waals surface area contributed by atoms with Crippen LogP contribution in [-0.4, -0.2) is 40.8 Å². The zero-order chi connectivity index (χ0) is 12.3. The summed E-state index contributed by atoms with van der Waals surface area (Å²) in [5.41, 5.74) is 1.44. The Kier molecular flexibility index (Phi) is 3.76. The number of likely N-dealkylation sites (tertiary alicyclic amines) is 1. The molecule has 2 rings (SSSR count). The number of carboxylic acid groups (broad SMARTS) is 1. The fraction of sp³-hybridized carbons (Fsp3) is 0.462. The Balaban J connectivity index is 1.93. The summed E-state index contributed by atoms with van der Waals surface area (Å²) in [5.74, 6) is -0.494. The first-order chi connectivity index (χ1) is 8.19. The molecule has 0 spiro atoms. The highest BCUT2D eigenvalue weighted by molar-refractivity contribution is 5.87. The molecule has 4 nitrogen and oxygen atoms in total. The number of nitrogens with zero attached hydrogens (tertiary/aromatic N) is 1. The quantitative estimate of drug-likeness (QED) is 0.823. The van der Waals surface area contributed by atoms with Crippen molar-refractivity contribution in [1.82, 2.24) is 4.90 Å². The van der Waals surface area contributed by atoms with Crippen LogP contribution >= 0.6 is 0 Å². The summed E-state index contributed by atoms with van der Waals surface area (Å²) >= 11 is 0. The van der Waals surface area contributed by atoms with E-state index in [2.05, 4.69) is 4.90 Å². The van der Waals surface area contributed by atoms with E-state index in [-0.39, 0.29) is 6.61 Å². The number of carbonyl (C=O) groups is 1.